The molecule has 404 valence electrons. The fraction of sp³-hybridized carbons (Fsp3) is 0.831. The van der Waals surface area contributed by atoms with Crippen molar-refractivity contribution in [2.45, 2.75) is 277 Å². The third kappa shape index (κ3) is 50.7. The highest BCUT2D eigenvalue weighted by molar-refractivity contribution is 7.45. The number of rotatable bonds is 52. The molecule has 0 aromatic heterocycles. The molecule has 0 saturated heterocycles. The van der Waals surface area contributed by atoms with Crippen molar-refractivity contribution in [1.29, 1.82) is 0 Å². The molecule has 0 aliphatic rings. The number of likely N-dealkylation sites (N-methyl/N-ethyl adjacent to an activating group) is 1. The summed E-state index contributed by atoms with van der Waals surface area (Å²) in [5, 5.41) is 3.00. The van der Waals surface area contributed by atoms with Crippen LogP contribution in [0.2, 0.25) is 0 Å². The van der Waals surface area contributed by atoms with E-state index in [1.54, 1.807) is 0 Å². The number of nitrogens with one attached hydrogen (secondary N) is 1. The van der Waals surface area contributed by atoms with Crippen LogP contribution in [0.25, 0.3) is 0 Å². The molecule has 69 heavy (non-hydrogen) atoms. The van der Waals surface area contributed by atoms with Gasteiger partial charge in [-0.2, -0.15) is 0 Å². The van der Waals surface area contributed by atoms with Gasteiger partial charge in [0.1, 0.15) is 19.3 Å². The van der Waals surface area contributed by atoms with Crippen LogP contribution in [0, 0.1) is 0 Å². The number of carbonyl (C=O) groups is 2. The van der Waals surface area contributed by atoms with Gasteiger partial charge in [0.15, 0.2) is 0 Å². The molecule has 0 aromatic carbocycles. The Morgan fingerprint density at radius 1 is 0.507 bits per heavy atom. The molecule has 0 radical (unpaired) electrons. The number of carbonyl (C=O) groups excluding carboxylic acids is 2. The Balaban J connectivity index is 5.40. The molecule has 0 rings (SSSR count). The number of quaternary nitrogens is 1. The summed E-state index contributed by atoms with van der Waals surface area (Å²) in [4.78, 5) is 39.8. The first kappa shape index (κ1) is 67.0. The van der Waals surface area contributed by atoms with Crippen LogP contribution in [0.15, 0.2) is 48.6 Å². The minimum Gasteiger partial charge on any atom is -0.756 e. The van der Waals surface area contributed by atoms with Crippen LogP contribution < -0.4 is 10.2 Å². The monoisotopic (exact) mass is 991 g/mol. The lowest BCUT2D eigenvalue weighted by atomic mass is 10.0. The van der Waals surface area contributed by atoms with Gasteiger partial charge >= 0.3 is 5.97 Å². The highest BCUT2D eigenvalue weighted by Gasteiger charge is 2.27. The molecule has 3 atom stereocenters. The van der Waals surface area contributed by atoms with E-state index >= 15 is 0 Å². The van der Waals surface area contributed by atoms with E-state index in [1.807, 2.05) is 33.3 Å². The van der Waals surface area contributed by atoms with Crippen LogP contribution in [-0.2, 0) is 27.9 Å². The predicted molar refractivity (Wildman–Crippen MR) is 293 cm³/mol. The maximum atomic E-state index is 13.5. The summed E-state index contributed by atoms with van der Waals surface area (Å²) >= 11 is 0. The van der Waals surface area contributed by atoms with Crippen molar-refractivity contribution in [2.75, 3.05) is 40.9 Å². The van der Waals surface area contributed by atoms with E-state index in [9.17, 15) is 19.0 Å². The number of phosphoric acid groups is 1. The maximum absolute atomic E-state index is 13.5. The van der Waals surface area contributed by atoms with Crippen LogP contribution in [0.3, 0.4) is 0 Å². The smallest absolute Gasteiger partial charge is 0.306 e. The van der Waals surface area contributed by atoms with Gasteiger partial charge < -0.3 is 28.5 Å². The second kappa shape index (κ2) is 49.5. The van der Waals surface area contributed by atoms with E-state index in [0.717, 1.165) is 77.0 Å². The Morgan fingerprint density at radius 3 is 1.35 bits per heavy atom. The number of unbranched alkanes of at least 4 members (excludes halogenated alkanes) is 31. The van der Waals surface area contributed by atoms with Gasteiger partial charge in [-0.05, 0) is 83.1 Å². The van der Waals surface area contributed by atoms with Gasteiger partial charge in [-0.3, -0.25) is 14.2 Å². The summed E-state index contributed by atoms with van der Waals surface area (Å²) in [5.74, 6) is -0.573. The fourth-order valence-corrected chi connectivity index (χ4v) is 8.94. The topological polar surface area (TPSA) is 114 Å². The molecule has 1 N–H and O–H groups in total. The average Bonchev–Trinajstić information content (AvgIpc) is 3.31. The number of ether oxygens (including phenoxy) is 1. The SMILES string of the molecule is CCCCCC/C=C\CCCCCCCCCC(=O)OC(/C=C/CCCCCCCCCCCC)C(COP(=O)([O-])OCC[N+](C)(C)C)NC(=O)CCCCC/C=C/C=C/CCCCCCCCC. The number of nitrogens with zero attached hydrogens (tertiary/aromatic N) is 1. The van der Waals surface area contributed by atoms with E-state index in [-0.39, 0.29) is 31.3 Å². The number of allylic oxidation sites excluding steroid dienone is 7. The Kier molecular flexibility index (Phi) is 48.1. The van der Waals surface area contributed by atoms with Gasteiger partial charge in [0, 0.05) is 12.8 Å². The lowest BCUT2D eigenvalue weighted by molar-refractivity contribution is -0.870. The molecule has 1 amide bonds. The summed E-state index contributed by atoms with van der Waals surface area (Å²) in [5.41, 5.74) is 0. The zero-order valence-corrected chi connectivity index (χ0v) is 46.9. The average molecular weight is 992 g/mol. The van der Waals surface area contributed by atoms with E-state index in [1.165, 1.54) is 148 Å². The highest BCUT2D eigenvalue weighted by Crippen LogP contribution is 2.38. The van der Waals surface area contributed by atoms with Gasteiger partial charge in [0.05, 0.1) is 33.8 Å². The van der Waals surface area contributed by atoms with Gasteiger partial charge in [-0.25, -0.2) is 0 Å². The first-order chi connectivity index (χ1) is 33.4. The number of phosphoric ester groups is 1. The summed E-state index contributed by atoms with van der Waals surface area (Å²) in [6.07, 6.45) is 59.3. The highest BCUT2D eigenvalue weighted by atomic mass is 31.2. The molecular weight excluding hydrogens is 880 g/mol. The summed E-state index contributed by atoms with van der Waals surface area (Å²) < 4.78 is 30.2. The molecule has 10 heteroatoms. The van der Waals surface area contributed by atoms with Crippen LogP contribution >= 0.6 is 7.82 Å². The molecule has 0 fully saturated rings. The van der Waals surface area contributed by atoms with Crippen molar-refractivity contribution in [1.82, 2.24) is 5.32 Å². The Hall–Kier alpha value is -2.03. The number of hydrogen-bond acceptors (Lipinski definition) is 7. The second-order valence-electron chi connectivity index (χ2n) is 20.8. The van der Waals surface area contributed by atoms with E-state index in [0.29, 0.717) is 17.4 Å². The molecule has 0 aromatic rings. The minimum atomic E-state index is -4.70. The van der Waals surface area contributed by atoms with Crippen molar-refractivity contribution >= 4 is 19.7 Å². The molecule has 0 heterocycles. The standard InChI is InChI=1S/C59H111N2O7P/c1-7-10-13-16-19-22-25-28-30-32-33-36-39-42-45-48-51-58(62)60-56(55-67-69(64,65)66-54-53-61(4,5)6)57(50-47-44-41-38-35-27-24-21-18-15-12-9-3)68-59(63)52-49-46-43-40-37-34-31-29-26-23-20-17-14-11-8-2/h23,26,30,32-33,36,47,50,56-57H,7-22,24-25,27-29,31,34-35,37-46,48-49,51-55H2,1-6H3,(H-,60,62,64,65)/b26-23-,32-30+,36-33+,50-47+. The number of amides is 1. The van der Waals surface area contributed by atoms with Crippen molar-refractivity contribution in [3.8, 4) is 0 Å². The van der Waals surface area contributed by atoms with Gasteiger partial charge in [-0.1, -0.05) is 217 Å². The predicted octanol–water partition coefficient (Wildman–Crippen LogP) is 16.7. The van der Waals surface area contributed by atoms with Crippen molar-refractivity contribution < 1.29 is 37.3 Å². The van der Waals surface area contributed by atoms with Gasteiger partial charge in [0.2, 0.25) is 5.91 Å². The zero-order valence-electron chi connectivity index (χ0n) is 46.0. The molecule has 9 nitrogen and oxygen atoms in total. The number of esters is 1. The number of hydrogen-bond donors (Lipinski definition) is 1. The van der Waals surface area contributed by atoms with Crippen molar-refractivity contribution in [2.24, 2.45) is 0 Å². The molecule has 0 spiro atoms. The first-order valence-electron chi connectivity index (χ1n) is 29.0. The molecule has 0 bridgehead atoms. The Morgan fingerprint density at radius 2 is 0.884 bits per heavy atom. The Labute approximate surface area is 427 Å². The summed E-state index contributed by atoms with van der Waals surface area (Å²) in [6.45, 7) is 6.80. The third-order valence-corrected chi connectivity index (χ3v) is 13.7. The molecular formula is C59H111N2O7P. The quantitative estimate of drug-likeness (QED) is 0.0161. The van der Waals surface area contributed by atoms with Crippen molar-refractivity contribution in [3.05, 3.63) is 48.6 Å². The zero-order chi connectivity index (χ0) is 50.8. The lowest BCUT2D eigenvalue weighted by Crippen LogP contribution is -2.47. The van der Waals surface area contributed by atoms with Crippen molar-refractivity contribution in [3.63, 3.8) is 0 Å². The lowest BCUT2D eigenvalue weighted by Gasteiger charge is -2.30. The van der Waals surface area contributed by atoms with E-state index in [4.69, 9.17) is 13.8 Å². The third-order valence-electron chi connectivity index (χ3n) is 12.8. The van der Waals surface area contributed by atoms with Crippen LogP contribution in [0.5, 0.6) is 0 Å². The van der Waals surface area contributed by atoms with E-state index < -0.39 is 26.6 Å². The maximum Gasteiger partial charge on any atom is 0.306 e. The fourth-order valence-electron chi connectivity index (χ4n) is 8.21. The van der Waals surface area contributed by atoms with Crippen LogP contribution in [0.4, 0.5) is 0 Å². The van der Waals surface area contributed by atoms with Gasteiger partial charge in [-0.15, -0.1) is 0 Å². The second-order valence-corrected chi connectivity index (χ2v) is 22.2. The molecule has 0 aliphatic carbocycles. The van der Waals surface area contributed by atoms with Crippen LogP contribution in [-0.4, -0.2) is 69.4 Å². The summed E-state index contributed by atoms with van der Waals surface area (Å²) in [7, 11) is 1.17. The van der Waals surface area contributed by atoms with Gasteiger partial charge in [0.25, 0.3) is 7.82 Å². The normalized spacial score (nSPS) is 14.1. The summed E-state index contributed by atoms with van der Waals surface area (Å²) in [6, 6.07) is -0.902. The largest absolute Gasteiger partial charge is 0.756 e. The molecule has 3 unspecified atom stereocenters. The molecule has 0 aliphatic heterocycles. The van der Waals surface area contributed by atoms with E-state index in [2.05, 4.69) is 62.5 Å². The minimum absolute atomic E-state index is 0.0280. The molecule has 0 saturated carbocycles. The Bertz CT molecular complexity index is 1330. The first-order valence-corrected chi connectivity index (χ1v) is 30.4. The van der Waals surface area contributed by atoms with Crippen LogP contribution in [0.1, 0.15) is 265 Å².